The molecule has 1 aromatic rings. The van der Waals surface area contributed by atoms with Gasteiger partial charge in [-0.25, -0.2) is 4.98 Å². The number of nitrogens with zero attached hydrogens (tertiary/aromatic N) is 3. The Bertz CT molecular complexity index is 541. The molecule has 20 heavy (non-hydrogen) atoms. The standard InChI is InChI=1S/C13H16N4O3/c1-15-11-4-2-3-5-12(11)20-13-9(7-14)6-10(8-16-13)17(18)19/h6,8,11-12,15H,2-5H2,1H3. The van der Waals surface area contributed by atoms with Gasteiger partial charge in [0.2, 0.25) is 5.88 Å². The van der Waals surface area contributed by atoms with Crippen LogP contribution in [0.15, 0.2) is 12.3 Å². The van der Waals surface area contributed by atoms with Gasteiger partial charge in [0.15, 0.2) is 0 Å². The van der Waals surface area contributed by atoms with Crippen LogP contribution in [-0.4, -0.2) is 29.1 Å². The van der Waals surface area contributed by atoms with E-state index < -0.39 is 4.92 Å². The van der Waals surface area contributed by atoms with E-state index in [0.717, 1.165) is 31.9 Å². The Morgan fingerprint density at radius 2 is 2.30 bits per heavy atom. The van der Waals surface area contributed by atoms with Gasteiger partial charge in [0, 0.05) is 12.1 Å². The van der Waals surface area contributed by atoms with Gasteiger partial charge in [-0.1, -0.05) is 6.42 Å². The van der Waals surface area contributed by atoms with Crippen molar-refractivity contribution in [2.45, 2.75) is 37.8 Å². The van der Waals surface area contributed by atoms with Crippen LogP contribution in [0.5, 0.6) is 5.88 Å². The van der Waals surface area contributed by atoms with Crippen molar-refractivity contribution >= 4 is 5.69 Å². The molecule has 106 valence electrons. The molecule has 1 fully saturated rings. The highest BCUT2D eigenvalue weighted by molar-refractivity contribution is 5.45. The first-order chi connectivity index (χ1) is 9.65. The summed E-state index contributed by atoms with van der Waals surface area (Å²) in [6, 6.07) is 3.31. The Morgan fingerprint density at radius 3 is 2.95 bits per heavy atom. The topological polar surface area (TPSA) is 101 Å². The summed E-state index contributed by atoms with van der Waals surface area (Å²) in [4.78, 5) is 14.0. The summed E-state index contributed by atoms with van der Waals surface area (Å²) in [6.45, 7) is 0. The second-order valence-electron chi connectivity index (χ2n) is 4.75. The molecule has 1 heterocycles. The smallest absolute Gasteiger partial charge is 0.289 e. The van der Waals surface area contributed by atoms with E-state index in [4.69, 9.17) is 10.00 Å². The number of nitrogens with one attached hydrogen (secondary N) is 1. The van der Waals surface area contributed by atoms with Crippen molar-refractivity contribution in [3.63, 3.8) is 0 Å². The maximum atomic E-state index is 10.7. The van der Waals surface area contributed by atoms with Crippen LogP contribution >= 0.6 is 0 Å². The first-order valence-corrected chi connectivity index (χ1v) is 6.54. The van der Waals surface area contributed by atoms with E-state index >= 15 is 0 Å². The summed E-state index contributed by atoms with van der Waals surface area (Å²) in [7, 11) is 1.88. The van der Waals surface area contributed by atoms with E-state index in [9.17, 15) is 10.1 Å². The molecular formula is C13H16N4O3. The number of ether oxygens (including phenoxy) is 1. The molecule has 1 aliphatic rings. The van der Waals surface area contributed by atoms with Crippen molar-refractivity contribution in [1.82, 2.24) is 10.3 Å². The van der Waals surface area contributed by atoms with Gasteiger partial charge < -0.3 is 10.1 Å². The molecule has 0 aromatic carbocycles. The quantitative estimate of drug-likeness (QED) is 0.664. The van der Waals surface area contributed by atoms with Crippen LogP contribution < -0.4 is 10.1 Å². The third kappa shape index (κ3) is 3.03. The lowest BCUT2D eigenvalue weighted by atomic mass is 9.92. The van der Waals surface area contributed by atoms with Gasteiger partial charge in [-0.15, -0.1) is 0 Å². The average Bonchev–Trinajstić information content (AvgIpc) is 2.48. The van der Waals surface area contributed by atoms with Crippen LogP contribution in [0.3, 0.4) is 0 Å². The van der Waals surface area contributed by atoms with Crippen molar-refractivity contribution in [3.8, 4) is 11.9 Å². The van der Waals surface area contributed by atoms with Gasteiger partial charge in [-0.05, 0) is 26.3 Å². The molecule has 0 aliphatic heterocycles. The number of nitriles is 1. The monoisotopic (exact) mass is 276 g/mol. The van der Waals surface area contributed by atoms with Crippen molar-refractivity contribution in [2.75, 3.05) is 7.05 Å². The molecule has 1 aliphatic carbocycles. The fraction of sp³-hybridized carbons (Fsp3) is 0.538. The van der Waals surface area contributed by atoms with E-state index in [0.29, 0.717) is 0 Å². The van der Waals surface area contributed by atoms with E-state index in [2.05, 4.69) is 10.3 Å². The molecule has 1 N–H and O–H groups in total. The van der Waals surface area contributed by atoms with Crippen molar-refractivity contribution in [2.24, 2.45) is 0 Å². The minimum Gasteiger partial charge on any atom is -0.472 e. The second kappa shape index (κ2) is 6.30. The number of pyridine rings is 1. The van der Waals surface area contributed by atoms with Gasteiger partial charge in [0.1, 0.15) is 23.9 Å². The Labute approximate surface area is 116 Å². The summed E-state index contributed by atoms with van der Waals surface area (Å²) in [5.74, 6) is 0.172. The van der Waals surface area contributed by atoms with Crippen LogP contribution in [0.25, 0.3) is 0 Å². The van der Waals surface area contributed by atoms with Crippen LogP contribution in [0.1, 0.15) is 31.2 Å². The highest BCUT2D eigenvalue weighted by Crippen LogP contribution is 2.26. The van der Waals surface area contributed by atoms with Crippen LogP contribution in [0.4, 0.5) is 5.69 Å². The van der Waals surface area contributed by atoms with Gasteiger partial charge in [-0.2, -0.15) is 5.26 Å². The van der Waals surface area contributed by atoms with Crippen molar-refractivity contribution < 1.29 is 9.66 Å². The second-order valence-corrected chi connectivity index (χ2v) is 4.75. The predicted octanol–water partition coefficient (Wildman–Crippen LogP) is 1.77. The predicted molar refractivity (Wildman–Crippen MR) is 71.3 cm³/mol. The first-order valence-electron chi connectivity index (χ1n) is 6.54. The third-order valence-electron chi connectivity index (χ3n) is 3.50. The van der Waals surface area contributed by atoms with E-state index in [1.807, 2.05) is 13.1 Å². The molecule has 0 saturated heterocycles. The van der Waals surface area contributed by atoms with E-state index in [1.165, 1.54) is 6.07 Å². The minimum atomic E-state index is -0.575. The zero-order valence-corrected chi connectivity index (χ0v) is 11.2. The number of aromatic nitrogens is 1. The Kier molecular flexibility index (Phi) is 4.48. The molecule has 0 radical (unpaired) electrons. The first kappa shape index (κ1) is 14.2. The Balaban J connectivity index is 2.20. The van der Waals surface area contributed by atoms with Gasteiger partial charge in [0.05, 0.1) is 4.92 Å². The molecule has 0 bridgehead atoms. The highest BCUT2D eigenvalue weighted by atomic mass is 16.6. The zero-order chi connectivity index (χ0) is 14.5. The van der Waals surface area contributed by atoms with Gasteiger partial charge in [0.25, 0.3) is 5.69 Å². The molecule has 2 atom stereocenters. The van der Waals surface area contributed by atoms with Gasteiger partial charge >= 0.3 is 0 Å². The summed E-state index contributed by atoms with van der Waals surface area (Å²) in [6.07, 6.45) is 5.16. The maximum Gasteiger partial charge on any atom is 0.289 e. The number of hydrogen-bond donors (Lipinski definition) is 1. The fourth-order valence-corrected chi connectivity index (χ4v) is 2.43. The number of hydrogen-bond acceptors (Lipinski definition) is 6. The lowest BCUT2D eigenvalue weighted by Gasteiger charge is -2.31. The molecule has 0 amide bonds. The van der Waals surface area contributed by atoms with Crippen LogP contribution in [0, 0.1) is 21.4 Å². The number of rotatable bonds is 4. The summed E-state index contributed by atoms with van der Waals surface area (Å²) >= 11 is 0. The van der Waals surface area contributed by atoms with Crippen molar-refractivity contribution in [1.29, 1.82) is 5.26 Å². The number of likely N-dealkylation sites (N-methyl/N-ethyl adjacent to an activating group) is 1. The van der Waals surface area contributed by atoms with Crippen LogP contribution in [0.2, 0.25) is 0 Å². The molecule has 2 unspecified atom stereocenters. The van der Waals surface area contributed by atoms with Crippen LogP contribution in [-0.2, 0) is 0 Å². The third-order valence-corrected chi connectivity index (χ3v) is 3.50. The fourth-order valence-electron chi connectivity index (χ4n) is 2.43. The lowest BCUT2D eigenvalue weighted by Crippen LogP contribution is -2.43. The zero-order valence-electron chi connectivity index (χ0n) is 11.2. The van der Waals surface area contributed by atoms with Crippen molar-refractivity contribution in [3.05, 3.63) is 27.9 Å². The summed E-state index contributed by atoms with van der Waals surface area (Å²) < 4.78 is 5.80. The molecule has 7 nitrogen and oxygen atoms in total. The van der Waals surface area contributed by atoms with Gasteiger partial charge in [-0.3, -0.25) is 10.1 Å². The SMILES string of the molecule is CNC1CCCCC1Oc1ncc([N+](=O)[O-])cc1C#N. The maximum absolute atomic E-state index is 10.7. The largest absolute Gasteiger partial charge is 0.472 e. The van der Waals surface area contributed by atoms with E-state index in [-0.39, 0.29) is 29.3 Å². The molecule has 1 saturated carbocycles. The summed E-state index contributed by atoms with van der Waals surface area (Å²) in [5, 5.41) is 22.9. The molecular weight excluding hydrogens is 260 g/mol. The molecule has 7 heteroatoms. The lowest BCUT2D eigenvalue weighted by molar-refractivity contribution is -0.385. The minimum absolute atomic E-state index is 0.0604. The highest BCUT2D eigenvalue weighted by Gasteiger charge is 2.27. The average molecular weight is 276 g/mol. The Morgan fingerprint density at radius 1 is 1.55 bits per heavy atom. The molecule has 2 rings (SSSR count). The molecule has 1 aromatic heterocycles. The Hall–Kier alpha value is -2.20. The van der Waals surface area contributed by atoms with E-state index in [1.54, 1.807) is 0 Å². The molecule has 0 spiro atoms. The normalized spacial score (nSPS) is 22.0. The number of nitro groups is 1. The summed E-state index contributed by atoms with van der Waals surface area (Å²) in [5.41, 5.74) is -0.109.